The number of hydrazone groups is 1. The van der Waals surface area contributed by atoms with E-state index in [2.05, 4.69) is 50.8 Å². The Morgan fingerprint density at radius 2 is 1.75 bits per heavy atom. The number of hydrogen-bond donors (Lipinski definition) is 2. The molecule has 0 aromatic heterocycles. The van der Waals surface area contributed by atoms with Gasteiger partial charge < -0.3 is 10.2 Å². The maximum Gasteiger partial charge on any atom is 0.0771 e. The number of nitrogens with zero attached hydrogens (tertiary/aromatic N) is 2. The summed E-state index contributed by atoms with van der Waals surface area (Å²) in [6.07, 6.45) is 12.0. The molecule has 0 bridgehead atoms. The summed E-state index contributed by atoms with van der Waals surface area (Å²) in [7, 11) is 4.06. The van der Waals surface area contributed by atoms with Gasteiger partial charge in [-0.05, 0) is 55.8 Å². The minimum absolute atomic E-state index is 0.763. The van der Waals surface area contributed by atoms with Gasteiger partial charge >= 0.3 is 0 Å². The van der Waals surface area contributed by atoms with E-state index in [1.165, 1.54) is 5.69 Å². The van der Waals surface area contributed by atoms with Crippen molar-refractivity contribution >= 4 is 17.1 Å². The number of benzene rings is 1. The number of allylic oxidation sites excluding steroid dienone is 3. The first kappa shape index (κ1) is 25.3. The molecule has 1 aromatic rings. The summed E-state index contributed by atoms with van der Waals surface area (Å²) in [4.78, 5) is 2.07. The van der Waals surface area contributed by atoms with Crippen molar-refractivity contribution in [3.8, 4) is 0 Å². The molecule has 28 heavy (non-hydrogen) atoms. The molecule has 1 aliphatic carbocycles. The Morgan fingerprint density at radius 1 is 1.07 bits per heavy atom. The van der Waals surface area contributed by atoms with Crippen molar-refractivity contribution in [2.24, 2.45) is 5.10 Å². The lowest BCUT2D eigenvalue weighted by atomic mass is 10.2. The van der Waals surface area contributed by atoms with Crippen LogP contribution in [0.15, 0.2) is 71.2 Å². The minimum Gasteiger partial charge on any atom is -0.378 e. The smallest absolute Gasteiger partial charge is 0.0771 e. The zero-order chi connectivity index (χ0) is 21.2. The van der Waals surface area contributed by atoms with Gasteiger partial charge in [0.05, 0.1) is 17.1 Å². The molecule has 0 spiro atoms. The highest BCUT2D eigenvalue weighted by molar-refractivity contribution is 5.97. The second-order valence-electron chi connectivity index (χ2n) is 5.74. The van der Waals surface area contributed by atoms with Crippen molar-refractivity contribution in [2.75, 3.05) is 31.0 Å². The average Bonchev–Trinajstić information content (AvgIpc) is 2.98. The zero-order valence-corrected chi connectivity index (χ0v) is 18.7. The minimum atomic E-state index is 0.763. The van der Waals surface area contributed by atoms with E-state index in [1.54, 1.807) is 0 Å². The van der Waals surface area contributed by atoms with Crippen LogP contribution in [0.3, 0.4) is 0 Å². The third-order valence-electron chi connectivity index (χ3n) is 3.59. The Bertz CT molecular complexity index is 673. The third-order valence-corrected chi connectivity index (χ3v) is 3.59. The van der Waals surface area contributed by atoms with Crippen molar-refractivity contribution in [1.29, 1.82) is 0 Å². The predicted octanol–water partition coefficient (Wildman–Crippen LogP) is 6.13. The zero-order valence-electron chi connectivity index (χ0n) is 18.7. The van der Waals surface area contributed by atoms with Crippen LogP contribution in [0.5, 0.6) is 0 Å². The second kappa shape index (κ2) is 16.5. The molecule has 1 aromatic carbocycles. The number of nitrogens with one attached hydrogen (secondary N) is 2. The fourth-order valence-electron chi connectivity index (χ4n) is 2.18. The van der Waals surface area contributed by atoms with Crippen LogP contribution in [0.1, 0.15) is 47.5 Å². The van der Waals surface area contributed by atoms with Gasteiger partial charge in [0.2, 0.25) is 0 Å². The summed E-state index contributed by atoms with van der Waals surface area (Å²) in [6.45, 7) is 10.9. The second-order valence-corrected chi connectivity index (χ2v) is 5.74. The lowest BCUT2D eigenvalue weighted by Crippen LogP contribution is -2.11. The fourth-order valence-corrected chi connectivity index (χ4v) is 2.18. The van der Waals surface area contributed by atoms with E-state index in [-0.39, 0.29) is 0 Å². The standard InChI is InChI=1S/C20H26N4.2C2H6/c1-4-5-6-16-21-17-8-7-9-18(11-10-17)22-23-19-12-14-20(15-13-19)24(2)3;2*1-2/h4-5,7,10-15,21,23H,6,9,16H2,1-3H3;2*1-2H3/b5-4+,22-18+;;. The van der Waals surface area contributed by atoms with Gasteiger partial charge in [-0.25, -0.2) is 0 Å². The van der Waals surface area contributed by atoms with Gasteiger partial charge in [-0.1, -0.05) is 45.6 Å². The lowest BCUT2D eigenvalue weighted by Gasteiger charge is -2.12. The predicted molar refractivity (Wildman–Crippen MR) is 127 cm³/mol. The summed E-state index contributed by atoms with van der Waals surface area (Å²) < 4.78 is 0. The van der Waals surface area contributed by atoms with Crippen LogP contribution in [0.25, 0.3) is 0 Å². The van der Waals surface area contributed by atoms with Gasteiger partial charge in [0.25, 0.3) is 0 Å². The van der Waals surface area contributed by atoms with Crippen molar-refractivity contribution in [2.45, 2.75) is 47.5 Å². The first-order valence-electron chi connectivity index (χ1n) is 10.3. The van der Waals surface area contributed by atoms with Gasteiger partial charge in [-0.15, -0.1) is 0 Å². The van der Waals surface area contributed by atoms with Gasteiger partial charge in [-0.3, -0.25) is 5.43 Å². The maximum absolute atomic E-state index is 4.47. The van der Waals surface area contributed by atoms with E-state index < -0.39 is 0 Å². The van der Waals surface area contributed by atoms with E-state index in [9.17, 15) is 0 Å². The highest BCUT2D eigenvalue weighted by Gasteiger charge is 1.99. The van der Waals surface area contributed by atoms with E-state index in [1.807, 2.05) is 79.1 Å². The van der Waals surface area contributed by atoms with E-state index in [0.717, 1.165) is 36.5 Å². The Hall–Kier alpha value is -2.71. The molecule has 4 nitrogen and oxygen atoms in total. The Labute approximate surface area is 172 Å². The first-order chi connectivity index (χ1) is 13.7. The van der Waals surface area contributed by atoms with Crippen LogP contribution in [-0.2, 0) is 0 Å². The molecule has 0 saturated carbocycles. The molecule has 2 N–H and O–H groups in total. The molecule has 0 heterocycles. The molecule has 0 saturated heterocycles. The molecule has 0 fully saturated rings. The topological polar surface area (TPSA) is 39.7 Å². The van der Waals surface area contributed by atoms with Gasteiger partial charge in [0.1, 0.15) is 0 Å². The number of rotatable bonds is 7. The molecule has 4 heteroatoms. The fraction of sp³-hybridized carbons (Fsp3) is 0.417. The monoisotopic (exact) mass is 382 g/mol. The summed E-state index contributed by atoms with van der Waals surface area (Å²) in [5, 5.41) is 7.84. The Kier molecular flexibility index (Phi) is 14.9. The molecule has 0 atom stereocenters. The average molecular weight is 383 g/mol. The van der Waals surface area contributed by atoms with Crippen LogP contribution >= 0.6 is 0 Å². The summed E-state index contributed by atoms with van der Waals surface area (Å²) in [6, 6.07) is 8.20. The third kappa shape index (κ3) is 10.4. The van der Waals surface area contributed by atoms with Crippen molar-refractivity contribution in [1.82, 2.24) is 5.32 Å². The van der Waals surface area contributed by atoms with Crippen molar-refractivity contribution < 1.29 is 0 Å². The summed E-state index contributed by atoms with van der Waals surface area (Å²) in [5.41, 5.74) is 10.5. The number of anilines is 2. The van der Waals surface area contributed by atoms with E-state index >= 15 is 0 Å². The first-order valence-corrected chi connectivity index (χ1v) is 10.3. The molecule has 154 valence electrons. The van der Waals surface area contributed by atoms with Gasteiger partial charge in [0, 0.05) is 32.7 Å². The molecule has 2 rings (SSSR count). The summed E-state index contributed by atoms with van der Waals surface area (Å²) in [5.74, 6) is 0. The lowest BCUT2D eigenvalue weighted by molar-refractivity contribution is 0.822. The SMILES string of the molecule is C/C=C/CCNC1=C=CC/C(=N\Nc2ccc(N(C)C)cc2)C=C1.CC.CC. The van der Waals surface area contributed by atoms with Crippen LogP contribution in [0.2, 0.25) is 0 Å². The molecular formula is C24H38N4. The molecule has 0 radical (unpaired) electrons. The number of hydrogen-bond acceptors (Lipinski definition) is 4. The van der Waals surface area contributed by atoms with Crippen LogP contribution in [0.4, 0.5) is 11.4 Å². The Balaban J connectivity index is 0.00000171. The van der Waals surface area contributed by atoms with Crippen molar-refractivity contribution in [3.05, 3.63) is 66.1 Å². The van der Waals surface area contributed by atoms with E-state index in [0.29, 0.717) is 0 Å². The molecule has 1 aliphatic rings. The quantitative estimate of drug-likeness (QED) is 0.258. The highest BCUT2D eigenvalue weighted by atomic mass is 15.3. The van der Waals surface area contributed by atoms with E-state index in [4.69, 9.17) is 0 Å². The van der Waals surface area contributed by atoms with Gasteiger partial charge in [-0.2, -0.15) is 5.10 Å². The van der Waals surface area contributed by atoms with Crippen LogP contribution < -0.4 is 15.6 Å². The molecule has 0 unspecified atom stereocenters. The highest BCUT2D eigenvalue weighted by Crippen LogP contribution is 2.15. The maximum atomic E-state index is 4.47. The molecule has 0 amide bonds. The normalized spacial score (nSPS) is 13.7. The Morgan fingerprint density at radius 3 is 2.36 bits per heavy atom. The van der Waals surface area contributed by atoms with Crippen LogP contribution in [0, 0.1) is 0 Å². The van der Waals surface area contributed by atoms with Crippen LogP contribution in [-0.4, -0.2) is 26.4 Å². The summed E-state index contributed by atoms with van der Waals surface area (Å²) >= 11 is 0. The molecular weight excluding hydrogens is 344 g/mol. The molecule has 0 aliphatic heterocycles. The van der Waals surface area contributed by atoms with Gasteiger partial charge in [0.15, 0.2) is 0 Å². The largest absolute Gasteiger partial charge is 0.378 e. The van der Waals surface area contributed by atoms with Crippen molar-refractivity contribution in [3.63, 3.8) is 0 Å².